The monoisotopic (exact) mass is 197 g/mol. The molecule has 1 rings (SSSR count). The van der Waals surface area contributed by atoms with Gasteiger partial charge in [-0.1, -0.05) is 0 Å². The van der Waals surface area contributed by atoms with Crippen molar-refractivity contribution in [1.82, 2.24) is 4.98 Å². The SMILES string of the molecule is COCC(CO)Nc1ccnc(N)c1. The number of nitrogen functional groups attached to an aromatic ring is 1. The lowest BCUT2D eigenvalue weighted by atomic mass is 10.3. The molecule has 0 radical (unpaired) electrons. The minimum atomic E-state index is -0.123. The summed E-state index contributed by atoms with van der Waals surface area (Å²) in [6.45, 7) is 0.453. The molecule has 78 valence electrons. The van der Waals surface area contributed by atoms with Crippen molar-refractivity contribution in [3.8, 4) is 0 Å². The molecule has 14 heavy (non-hydrogen) atoms. The highest BCUT2D eigenvalue weighted by molar-refractivity contribution is 5.50. The molecule has 5 nitrogen and oxygen atoms in total. The number of anilines is 2. The Balaban J connectivity index is 2.57. The van der Waals surface area contributed by atoms with E-state index in [0.717, 1.165) is 5.69 Å². The average molecular weight is 197 g/mol. The minimum Gasteiger partial charge on any atom is -0.394 e. The number of ether oxygens (including phenoxy) is 1. The van der Waals surface area contributed by atoms with Gasteiger partial charge in [-0.3, -0.25) is 0 Å². The third-order valence-corrected chi connectivity index (χ3v) is 1.74. The van der Waals surface area contributed by atoms with Crippen LogP contribution in [0.3, 0.4) is 0 Å². The fraction of sp³-hybridized carbons (Fsp3) is 0.444. The molecule has 1 aromatic heterocycles. The number of methoxy groups -OCH3 is 1. The van der Waals surface area contributed by atoms with Crippen LogP contribution in [0, 0.1) is 0 Å². The van der Waals surface area contributed by atoms with Gasteiger partial charge >= 0.3 is 0 Å². The van der Waals surface area contributed by atoms with Gasteiger partial charge in [-0.2, -0.15) is 0 Å². The summed E-state index contributed by atoms with van der Waals surface area (Å²) in [5, 5.41) is 12.1. The fourth-order valence-corrected chi connectivity index (χ4v) is 1.12. The van der Waals surface area contributed by atoms with Crippen LogP contribution in [0.5, 0.6) is 0 Å². The highest BCUT2D eigenvalue weighted by atomic mass is 16.5. The molecule has 0 spiro atoms. The van der Waals surface area contributed by atoms with E-state index in [1.807, 2.05) is 0 Å². The fourth-order valence-electron chi connectivity index (χ4n) is 1.12. The van der Waals surface area contributed by atoms with Gasteiger partial charge in [-0.15, -0.1) is 0 Å². The van der Waals surface area contributed by atoms with Gasteiger partial charge in [0.25, 0.3) is 0 Å². The summed E-state index contributed by atoms with van der Waals surface area (Å²) >= 11 is 0. The first-order valence-electron chi connectivity index (χ1n) is 4.34. The Hall–Kier alpha value is -1.33. The van der Waals surface area contributed by atoms with Crippen molar-refractivity contribution in [2.75, 3.05) is 31.4 Å². The van der Waals surface area contributed by atoms with Crippen molar-refractivity contribution in [2.24, 2.45) is 0 Å². The quantitative estimate of drug-likeness (QED) is 0.623. The third-order valence-electron chi connectivity index (χ3n) is 1.74. The highest BCUT2D eigenvalue weighted by Crippen LogP contribution is 2.10. The van der Waals surface area contributed by atoms with Crippen LogP contribution in [0.25, 0.3) is 0 Å². The Bertz CT molecular complexity index is 281. The number of nitrogens with zero attached hydrogens (tertiary/aromatic N) is 1. The van der Waals surface area contributed by atoms with E-state index < -0.39 is 0 Å². The first kappa shape index (κ1) is 10.7. The average Bonchev–Trinajstić information content (AvgIpc) is 2.17. The van der Waals surface area contributed by atoms with Crippen molar-refractivity contribution < 1.29 is 9.84 Å². The normalized spacial score (nSPS) is 12.4. The van der Waals surface area contributed by atoms with E-state index in [4.69, 9.17) is 15.6 Å². The van der Waals surface area contributed by atoms with Crippen molar-refractivity contribution in [3.05, 3.63) is 18.3 Å². The second-order valence-corrected chi connectivity index (χ2v) is 2.95. The van der Waals surface area contributed by atoms with Crippen molar-refractivity contribution >= 4 is 11.5 Å². The lowest BCUT2D eigenvalue weighted by Crippen LogP contribution is -2.28. The van der Waals surface area contributed by atoms with Crippen molar-refractivity contribution in [1.29, 1.82) is 0 Å². The Morgan fingerprint density at radius 2 is 2.50 bits per heavy atom. The van der Waals surface area contributed by atoms with Crippen LogP contribution >= 0.6 is 0 Å². The smallest absolute Gasteiger partial charge is 0.125 e. The van der Waals surface area contributed by atoms with Crippen LogP contribution in [0.15, 0.2) is 18.3 Å². The van der Waals surface area contributed by atoms with E-state index in [9.17, 15) is 0 Å². The number of hydrogen-bond donors (Lipinski definition) is 3. The Kier molecular flexibility index (Phi) is 4.15. The molecule has 4 N–H and O–H groups in total. The van der Waals surface area contributed by atoms with Gasteiger partial charge in [0.1, 0.15) is 5.82 Å². The van der Waals surface area contributed by atoms with E-state index in [2.05, 4.69) is 10.3 Å². The molecule has 0 aliphatic heterocycles. The predicted molar refractivity (Wildman–Crippen MR) is 55.0 cm³/mol. The molecule has 0 aromatic carbocycles. The van der Waals surface area contributed by atoms with Crippen LogP contribution in [-0.2, 0) is 4.74 Å². The molecule has 0 fully saturated rings. The number of nitrogens with one attached hydrogen (secondary N) is 1. The molecule has 0 saturated heterocycles. The predicted octanol–water partition coefficient (Wildman–Crippen LogP) is 0.0830. The molecule has 0 saturated carbocycles. The summed E-state index contributed by atoms with van der Waals surface area (Å²) < 4.78 is 4.93. The van der Waals surface area contributed by atoms with Gasteiger partial charge in [0.05, 0.1) is 19.3 Å². The summed E-state index contributed by atoms with van der Waals surface area (Å²) in [4.78, 5) is 3.86. The molecule has 5 heteroatoms. The maximum absolute atomic E-state index is 9.00. The van der Waals surface area contributed by atoms with Gasteiger partial charge in [0.15, 0.2) is 0 Å². The molecule has 1 unspecified atom stereocenters. The number of pyridine rings is 1. The van der Waals surface area contributed by atoms with Gasteiger partial charge in [-0.25, -0.2) is 4.98 Å². The summed E-state index contributed by atoms with van der Waals surface area (Å²) in [5.74, 6) is 0.448. The summed E-state index contributed by atoms with van der Waals surface area (Å²) in [6, 6.07) is 3.37. The van der Waals surface area contributed by atoms with Crippen LogP contribution in [0.2, 0.25) is 0 Å². The molecular weight excluding hydrogens is 182 g/mol. The highest BCUT2D eigenvalue weighted by Gasteiger charge is 2.06. The molecule has 0 bridgehead atoms. The Labute approximate surface area is 82.9 Å². The van der Waals surface area contributed by atoms with Crippen molar-refractivity contribution in [3.63, 3.8) is 0 Å². The Morgan fingerprint density at radius 3 is 3.07 bits per heavy atom. The number of aliphatic hydroxyl groups is 1. The number of hydrogen-bond acceptors (Lipinski definition) is 5. The zero-order valence-corrected chi connectivity index (χ0v) is 8.10. The van der Waals surface area contributed by atoms with E-state index >= 15 is 0 Å². The van der Waals surface area contributed by atoms with Crippen LogP contribution in [0.1, 0.15) is 0 Å². The summed E-state index contributed by atoms with van der Waals surface area (Å²) in [6.07, 6.45) is 1.61. The lowest BCUT2D eigenvalue weighted by molar-refractivity contribution is 0.153. The maximum atomic E-state index is 9.00. The van der Waals surface area contributed by atoms with E-state index in [0.29, 0.717) is 12.4 Å². The second-order valence-electron chi connectivity index (χ2n) is 2.95. The zero-order chi connectivity index (χ0) is 10.4. The largest absolute Gasteiger partial charge is 0.394 e. The first-order valence-corrected chi connectivity index (χ1v) is 4.34. The number of aromatic nitrogens is 1. The van der Waals surface area contributed by atoms with Gasteiger partial charge in [0, 0.05) is 25.1 Å². The lowest BCUT2D eigenvalue weighted by Gasteiger charge is -2.16. The van der Waals surface area contributed by atoms with E-state index in [-0.39, 0.29) is 12.6 Å². The molecule has 1 aromatic rings. The van der Waals surface area contributed by atoms with Gasteiger partial charge < -0.3 is 20.9 Å². The topological polar surface area (TPSA) is 80.4 Å². The van der Waals surface area contributed by atoms with Crippen molar-refractivity contribution in [2.45, 2.75) is 6.04 Å². The van der Waals surface area contributed by atoms with Crippen LogP contribution in [0.4, 0.5) is 11.5 Å². The Morgan fingerprint density at radius 1 is 1.71 bits per heavy atom. The standard InChI is InChI=1S/C9H15N3O2/c1-14-6-8(5-13)12-7-2-3-11-9(10)4-7/h2-4,8,13H,5-6H2,1H3,(H3,10,11,12). The van der Waals surface area contributed by atoms with Crippen LogP contribution < -0.4 is 11.1 Å². The molecule has 1 heterocycles. The van der Waals surface area contributed by atoms with Gasteiger partial charge in [-0.05, 0) is 6.07 Å². The molecule has 1 atom stereocenters. The number of aliphatic hydroxyl groups excluding tert-OH is 1. The number of rotatable bonds is 5. The van der Waals surface area contributed by atoms with Gasteiger partial charge in [0.2, 0.25) is 0 Å². The zero-order valence-electron chi connectivity index (χ0n) is 8.10. The molecular formula is C9H15N3O2. The summed E-state index contributed by atoms with van der Waals surface area (Å²) in [7, 11) is 1.59. The molecule has 0 aliphatic carbocycles. The molecule has 0 amide bonds. The van der Waals surface area contributed by atoms with Crippen LogP contribution in [-0.4, -0.2) is 36.5 Å². The second kappa shape index (κ2) is 5.41. The molecule has 0 aliphatic rings. The van der Waals surface area contributed by atoms with E-state index in [1.54, 1.807) is 25.4 Å². The minimum absolute atomic E-state index is 0.00999. The maximum Gasteiger partial charge on any atom is 0.125 e. The first-order chi connectivity index (χ1) is 6.76. The summed E-state index contributed by atoms with van der Waals surface area (Å²) in [5.41, 5.74) is 6.33. The third kappa shape index (κ3) is 3.20. The van der Waals surface area contributed by atoms with E-state index in [1.165, 1.54) is 0 Å². The number of nitrogens with two attached hydrogens (primary N) is 1.